The molecule has 0 radical (unpaired) electrons. The Morgan fingerprint density at radius 1 is 1.36 bits per heavy atom. The fourth-order valence-electron chi connectivity index (χ4n) is 1.89. The molecular formula is C10H11F2NO. The number of aliphatic hydroxyl groups is 1. The molecule has 0 bridgehead atoms. The average Bonchev–Trinajstić information content (AvgIpc) is 2.10. The average molecular weight is 199 g/mol. The maximum Gasteiger partial charge on any atom is 0.131 e. The molecule has 2 nitrogen and oxygen atoms in total. The lowest BCUT2D eigenvalue weighted by molar-refractivity contribution is 0.126. The first-order valence-electron chi connectivity index (χ1n) is 4.51. The summed E-state index contributed by atoms with van der Waals surface area (Å²) in [7, 11) is 0. The van der Waals surface area contributed by atoms with Gasteiger partial charge in [0.05, 0.1) is 12.1 Å². The molecule has 4 heteroatoms. The smallest absolute Gasteiger partial charge is 0.131 e. The maximum absolute atomic E-state index is 13.3. The van der Waals surface area contributed by atoms with Gasteiger partial charge in [-0.15, -0.1) is 0 Å². The monoisotopic (exact) mass is 199 g/mol. The van der Waals surface area contributed by atoms with E-state index in [2.05, 4.69) is 0 Å². The number of nitrogens with two attached hydrogens (primary N) is 1. The molecule has 0 spiro atoms. The van der Waals surface area contributed by atoms with Crippen molar-refractivity contribution >= 4 is 0 Å². The van der Waals surface area contributed by atoms with Crippen LogP contribution in [0.1, 0.15) is 23.6 Å². The standard InChI is InChI=1S/C10H11F2NO/c11-6-3-5-1-2-8(14)10(13)9(5)7(12)4-6/h3-4,8,10,14H,1-2,13H2/t8-,10+/m0/s1. The van der Waals surface area contributed by atoms with Gasteiger partial charge in [0.1, 0.15) is 11.6 Å². The molecule has 0 heterocycles. The van der Waals surface area contributed by atoms with E-state index in [0.717, 1.165) is 6.07 Å². The second kappa shape index (κ2) is 3.29. The number of rotatable bonds is 0. The number of benzene rings is 1. The third-order valence-corrected chi connectivity index (χ3v) is 2.64. The fourth-order valence-corrected chi connectivity index (χ4v) is 1.89. The first-order valence-corrected chi connectivity index (χ1v) is 4.51. The van der Waals surface area contributed by atoms with Crippen molar-refractivity contribution in [2.45, 2.75) is 25.0 Å². The summed E-state index contributed by atoms with van der Waals surface area (Å²) in [5.74, 6) is -1.25. The van der Waals surface area contributed by atoms with E-state index < -0.39 is 23.8 Å². The van der Waals surface area contributed by atoms with Crippen molar-refractivity contribution in [1.29, 1.82) is 0 Å². The molecule has 0 unspecified atom stereocenters. The van der Waals surface area contributed by atoms with E-state index >= 15 is 0 Å². The molecule has 1 aliphatic rings. The van der Waals surface area contributed by atoms with Gasteiger partial charge in [-0.05, 0) is 24.5 Å². The van der Waals surface area contributed by atoms with Crippen molar-refractivity contribution in [2.75, 3.05) is 0 Å². The normalized spacial score (nSPS) is 26.0. The van der Waals surface area contributed by atoms with Gasteiger partial charge in [0.15, 0.2) is 0 Å². The summed E-state index contributed by atoms with van der Waals surface area (Å²) in [4.78, 5) is 0. The van der Waals surface area contributed by atoms with Gasteiger partial charge in [-0.2, -0.15) is 0 Å². The van der Waals surface area contributed by atoms with Crippen molar-refractivity contribution < 1.29 is 13.9 Å². The highest BCUT2D eigenvalue weighted by atomic mass is 19.1. The SMILES string of the molecule is N[C@H]1c2c(F)cc(F)cc2CC[C@@H]1O. The van der Waals surface area contributed by atoms with Crippen molar-refractivity contribution in [1.82, 2.24) is 0 Å². The van der Waals surface area contributed by atoms with E-state index in [-0.39, 0.29) is 5.56 Å². The Balaban J connectivity index is 2.54. The van der Waals surface area contributed by atoms with Crippen LogP contribution in [0.2, 0.25) is 0 Å². The Morgan fingerprint density at radius 2 is 2.07 bits per heavy atom. The van der Waals surface area contributed by atoms with Gasteiger partial charge in [0.25, 0.3) is 0 Å². The summed E-state index contributed by atoms with van der Waals surface area (Å²) < 4.78 is 26.2. The van der Waals surface area contributed by atoms with Gasteiger partial charge >= 0.3 is 0 Å². The lowest BCUT2D eigenvalue weighted by Gasteiger charge is -2.27. The van der Waals surface area contributed by atoms with Crippen LogP contribution >= 0.6 is 0 Å². The van der Waals surface area contributed by atoms with Gasteiger partial charge < -0.3 is 10.8 Å². The summed E-state index contributed by atoms with van der Waals surface area (Å²) in [5.41, 5.74) is 6.45. The number of fused-ring (bicyclic) bond motifs is 1. The van der Waals surface area contributed by atoms with Crippen LogP contribution in [0.3, 0.4) is 0 Å². The van der Waals surface area contributed by atoms with E-state index in [1.54, 1.807) is 0 Å². The van der Waals surface area contributed by atoms with E-state index in [9.17, 15) is 13.9 Å². The molecule has 0 amide bonds. The summed E-state index contributed by atoms with van der Waals surface area (Å²) in [6, 6.07) is 1.35. The zero-order valence-electron chi connectivity index (χ0n) is 7.50. The molecular weight excluding hydrogens is 188 g/mol. The van der Waals surface area contributed by atoms with Crippen LogP contribution in [0, 0.1) is 11.6 Å². The highest BCUT2D eigenvalue weighted by molar-refractivity contribution is 5.35. The van der Waals surface area contributed by atoms with Gasteiger partial charge in [0.2, 0.25) is 0 Å². The van der Waals surface area contributed by atoms with Crippen molar-refractivity contribution in [2.24, 2.45) is 5.73 Å². The summed E-state index contributed by atoms with van der Waals surface area (Å²) in [6.45, 7) is 0. The van der Waals surface area contributed by atoms with Crippen LogP contribution < -0.4 is 5.73 Å². The Bertz CT molecular complexity index is 367. The predicted molar refractivity (Wildman–Crippen MR) is 47.6 cm³/mol. The molecule has 0 fully saturated rings. The topological polar surface area (TPSA) is 46.2 Å². The molecule has 1 aromatic carbocycles. The summed E-state index contributed by atoms with van der Waals surface area (Å²) >= 11 is 0. The molecule has 2 rings (SSSR count). The third kappa shape index (κ3) is 1.40. The van der Waals surface area contributed by atoms with Gasteiger partial charge in [-0.1, -0.05) is 0 Å². The number of hydrogen-bond acceptors (Lipinski definition) is 2. The van der Waals surface area contributed by atoms with Crippen LogP contribution in [0.5, 0.6) is 0 Å². The Labute approximate surface area is 80.4 Å². The Kier molecular flexibility index (Phi) is 2.25. The van der Waals surface area contributed by atoms with E-state index in [1.807, 2.05) is 0 Å². The molecule has 14 heavy (non-hydrogen) atoms. The fraction of sp³-hybridized carbons (Fsp3) is 0.400. The molecule has 0 saturated carbocycles. The second-order valence-corrected chi connectivity index (χ2v) is 3.59. The highest BCUT2D eigenvalue weighted by Crippen LogP contribution is 2.30. The van der Waals surface area contributed by atoms with Gasteiger partial charge in [-0.25, -0.2) is 8.78 Å². The Hall–Kier alpha value is -1.00. The number of hydrogen-bond donors (Lipinski definition) is 2. The van der Waals surface area contributed by atoms with Crippen LogP contribution in [0.4, 0.5) is 8.78 Å². The van der Waals surface area contributed by atoms with E-state index in [4.69, 9.17) is 5.73 Å². The van der Waals surface area contributed by atoms with Gasteiger partial charge in [-0.3, -0.25) is 0 Å². The minimum atomic E-state index is -0.737. The number of halogens is 2. The second-order valence-electron chi connectivity index (χ2n) is 3.59. The predicted octanol–water partition coefficient (Wildman–Crippen LogP) is 1.27. The van der Waals surface area contributed by atoms with Crippen LogP contribution in [0.25, 0.3) is 0 Å². The number of aryl methyl sites for hydroxylation is 1. The largest absolute Gasteiger partial charge is 0.391 e. The first-order chi connectivity index (χ1) is 6.59. The maximum atomic E-state index is 13.3. The van der Waals surface area contributed by atoms with Crippen LogP contribution in [0.15, 0.2) is 12.1 Å². The highest BCUT2D eigenvalue weighted by Gasteiger charge is 2.28. The van der Waals surface area contributed by atoms with E-state index in [1.165, 1.54) is 6.07 Å². The van der Waals surface area contributed by atoms with Crippen molar-refractivity contribution in [3.8, 4) is 0 Å². The molecule has 3 N–H and O–H groups in total. The molecule has 1 aliphatic carbocycles. The zero-order chi connectivity index (χ0) is 10.3. The molecule has 0 aliphatic heterocycles. The third-order valence-electron chi connectivity index (χ3n) is 2.64. The van der Waals surface area contributed by atoms with Crippen molar-refractivity contribution in [3.63, 3.8) is 0 Å². The first kappa shape index (κ1) is 9.55. The van der Waals surface area contributed by atoms with Crippen LogP contribution in [-0.4, -0.2) is 11.2 Å². The lowest BCUT2D eigenvalue weighted by Crippen LogP contribution is -2.32. The molecule has 2 atom stereocenters. The Morgan fingerprint density at radius 3 is 2.79 bits per heavy atom. The number of aliphatic hydroxyl groups excluding tert-OH is 1. The molecule has 1 aromatic rings. The van der Waals surface area contributed by atoms with E-state index in [0.29, 0.717) is 18.4 Å². The quantitative estimate of drug-likeness (QED) is 0.661. The zero-order valence-corrected chi connectivity index (χ0v) is 7.50. The summed E-state index contributed by atoms with van der Waals surface area (Å²) in [5, 5.41) is 9.43. The minimum absolute atomic E-state index is 0.255. The lowest BCUT2D eigenvalue weighted by atomic mass is 9.86. The van der Waals surface area contributed by atoms with Gasteiger partial charge in [0, 0.05) is 11.6 Å². The summed E-state index contributed by atoms with van der Waals surface area (Å²) in [6.07, 6.45) is 0.193. The minimum Gasteiger partial charge on any atom is -0.391 e. The molecule has 0 saturated heterocycles. The van der Waals surface area contributed by atoms with Crippen LogP contribution in [-0.2, 0) is 6.42 Å². The molecule has 76 valence electrons. The van der Waals surface area contributed by atoms with Crippen molar-refractivity contribution in [3.05, 3.63) is 34.9 Å². The molecule has 0 aromatic heterocycles.